The highest BCUT2D eigenvalue weighted by Crippen LogP contribution is 2.23. The molecule has 4 nitrogen and oxygen atoms in total. The van der Waals surface area contributed by atoms with Crippen molar-refractivity contribution < 1.29 is 4.74 Å². The standard InChI is InChI=1S/C15H17N3O/c1-18-9-12(7-13-10-19-5-4-17-13)14-6-11(8-16)2-3-15(14)18/h2-3,6,9,13,17H,4-5,7,10H2,1H3/t13-/m0/s1. The van der Waals surface area contributed by atoms with Crippen LogP contribution in [-0.2, 0) is 18.2 Å². The number of fused-ring (bicyclic) bond motifs is 1. The molecule has 0 aliphatic carbocycles. The third-order valence-electron chi connectivity index (χ3n) is 3.67. The molecule has 2 heterocycles. The predicted molar refractivity (Wildman–Crippen MR) is 73.9 cm³/mol. The van der Waals surface area contributed by atoms with Crippen LogP contribution in [0.2, 0.25) is 0 Å². The fourth-order valence-electron chi connectivity index (χ4n) is 2.72. The van der Waals surface area contributed by atoms with E-state index in [0.717, 1.165) is 26.2 Å². The average Bonchev–Trinajstić information content (AvgIpc) is 2.76. The van der Waals surface area contributed by atoms with E-state index in [1.165, 1.54) is 16.5 Å². The summed E-state index contributed by atoms with van der Waals surface area (Å²) in [6.07, 6.45) is 3.09. The molecule has 2 aromatic rings. The van der Waals surface area contributed by atoms with Crippen LogP contribution in [0.25, 0.3) is 10.9 Å². The van der Waals surface area contributed by atoms with Gasteiger partial charge in [-0.25, -0.2) is 0 Å². The zero-order valence-electron chi connectivity index (χ0n) is 11.0. The number of aromatic nitrogens is 1. The minimum atomic E-state index is 0.366. The molecule has 0 saturated carbocycles. The zero-order chi connectivity index (χ0) is 13.2. The van der Waals surface area contributed by atoms with Gasteiger partial charge in [0.05, 0.1) is 24.8 Å². The first-order valence-corrected chi connectivity index (χ1v) is 6.57. The summed E-state index contributed by atoms with van der Waals surface area (Å²) in [4.78, 5) is 0. The number of aryl methyl sites for hydroxylation is 1. The van der Waals surface area contributed by atoms with Gasteiger partial charge in [0.25, 0.3) is 0 Å². The van der Waals surface area contributed by atoms with E-state index in [4.69, 9.17) is 10.00 Å². The molecule has 3 rings (SSSR count). The lowest BCUT2D eigenvalue weighted by Gasteiger charge is -2.23. The van der Waals surface area contributed by atoms with Crippen molar-refractivity contribution in [3.05, 3.63) is 35.5 Å². The Morgan fingerprint density at radius 1 is 1.53 bits per heavy atom. The smallest absolute Gasteiger partial charge is 0.0991 e. The van der Waals surface area contributed by atoms with Crippen LogP contribution in [0.15, 0.2) is 24.4 Å². The normalized spacial score (nSPS) is 19.5. The van der Waals surface area contributed by atoms with Crippen molar-refractivity contribution in [3.63, 3.8) is 0 Å². The summed E-state index contributed by atoms with van der Waals surface area (Å²) in [7, 11) is 2.04. The summed E-state index contributed by atoms with van der Waals surface area (Å²) in [5.74, 6) is 0. The molecule has 0 bridgehead atoms. The molecule has 19 heavy (non-hydrogen) atoms. The monoisotopic (exact) mass is 255 g/mol. The van der Waals surface area contributed by atoms with E-state index in [2.05, 4.69) is 22.1 Å². The number of nitrogens with one attached hydrogen (secondary N) is 1. The quantitative estimate of drug-likeness (QED) is 0.886. The molecule has 1 aliphatic rings. The maximum Gasteiger partial charge on any atom is 0.0991 e. The van der Waals surface area contributed by atoms with Crippen LogP contribution in [0.1, 0.15) is 11.1 Å². The van der Waals surface area contributed by atoms with Gasteiger partial charge in [-0.2, -0.15) is 5.26 Å². The molecule has 0 amide bonds. The maximum absolute atomic E-state index is 9.03. The number of morpholine rings is 1. The van der Waals surface area contributed by atoms with Gasteiger partial charge in [-0.05, 0) is 30.2 Å². The van der Waals surface area contributed by atoms with E-state index in [1.807, 2.05) is 25.2 Å². The molecule has 1 N–H and O–H groups in total. The van der Waals surface area contributed by atoms with Crippen molar-refractivity contribution in [1.82, 2.24) is 9.88 Å². The molecular formula is C15H17N3O. The summed E-state index contributed by atoms with van der Waals surface area (Å²) in [5, 5.41) is 13.7. The van der Waals surface area contributed by atoms with Crippen molar-refractivity contribution in [2.45, 2.75) is 12.5 Å². The van der Waals surface area contributed by atoms with Gasteiger partial charge in [-0.1, -0.05) is 0 Å². The summed E-state index contributed by atoms with van der Waals surface area (Å²) in [6.45, 7) is 2.47. The lowest BCUT2D eigenvalue weighted by Crippen LogP contribution is -2.42. The average molecular weight is 255 g/mol. The van der Waals surface area contributed by atoms with Gasteiger partial charge in [0.2, 0.25) is 0 Å². The Bertz CT molecular complexity index is 633. The predicted octanol–water partition coefficient (Wildman–Crippen LogP) is 1.58. The first kappa shape index (κ1) is 12.2. The summed E-state index contributed by atoms with van der Waals surface area (Å²) in [6, 6.07) is 8.44. The zero-order valence-corrected chi connectivity index (χ0v) is 11.0. The highest BCUT2D eigenvalue weighted by Gasteiger charge is 2.16. The third-order valence-corrected chi connectivity index (χ3v) is 3.67. The van der Waals surface area contributed by atoms with Crippen LogP contribution in [-0.4, -0.2) is 30.4 Å². The molecule has 1 atom stereocenters. The Balaban J connectivity index is 1.95. The molecule has 0 spiro atoms. The number of nitrogens with zero attached hydrogens (tertiary/aromatic N) is 2. The summed E-state index contributed by atoms with van der Waals surface area (Å²) < 4.78 is 7.62. The van der Waals surface area contributed by atoms with Gasteiger partial charge in [-0.15, -0.1) is 0 Å². The highest BCUT2D eigenvalue weighted by molar-refractivity contribution is 5.85. The molecule has 0 radical (unpaired) electrons. The van der Waals surface area contributed by atoms with Crippen molar-refractivity contribution in [3.8, 4) is 6.07 Å². The van der Waals surface area contributed by atoms with Gasteiger partial charge < -0.3 is 14.6 Å². The van der Waals surface area contributed by atoms with Crippen molar-refractivity contribution >= 4 is 10.9 Å². The summed E-state index contributed by atoms with van der Waals surface area (Å²) in [5.41, 5.74) is 3.16. The first-order chi connectivity index (χ1) is 9.28. The van der Waals surface area contributed by atoms with Crippen LogP contribution in [0.5, 0.6) is 0 Å². The second kappa shape index (κ2) is 5.04. The van der Waals surface area contributed by atoms with E-state index < -0.39 is 0 Å². The van der Waals surface area contributed by atoms with Crippen molar-refractivity contribution in [2.75, 3.05) is 19.8 Å². The van der Waals surface area contributed by atoms with E-state index >= 15 is 0 Å². The van der Waals surface area contributed by atoms with Crippen LogP contribution >= 0.6 is 0 Å². The van der Waals surface area contributed by atoms with Crippen LogP contribution in [0.4, 0.5) is 0 Å². The second-order valence-electron chi connectivity index (χ2n) is 5.04. The fourth-order valence-corrected chi connectivity index (χ4v) is 2.72. The SMILES string of the molecule is Cn1cc(C[C@H]2COCCN2)c2cc(C#N)ccc21. The van der Waals surface area contributed by atoms with E-state index in [9.17, 15) is 0 Å². The van der Waals surface area contributed by atoms with Crippen LogP contribution in [0, 0.1) is 11.3 Å². The minimum Gasteiger partial charge on any atom is -0.379 e. The van der Waals surface area contributed by atoms with Gasteiger partial charge in [0.1, 0.15) is 0 Å². The molecule has 1 fully saturated rings. The van der Waals surface area contributed by atoms with Crippen LogP contribution in [0.3, 0.4) is 0 Å². The van der Waals surface area contributed by atoms with Gasteiger partial charge in [-0.3, -0.25) is 0 Å². The molecule has 1 saturated heterocycles. The Morgan fingerprint density at radius 3 is 3.16 bits per heavy atom. The minimum absolute atomic E-state index is 0.366. The second-order valence-corrected chi connectivity index (χ2v) is 5.04. The fraction of sp³-hybridized carbons (Fsp3) is 0.400. The highest BCUT2D eigenvalue weighted by atomic mass is 16.5. The molecule has 1 aliphatic heterocycles. The molecular weight excluding hydrogens is 238 g/mol. The maximum atomic E-state index is 9.03. The largest absolute Gasteiger partial charge is 0.379 e. The van der Waals surface area contributed by atoms with Crippen LogP contribution < -0.4 is 5.32 Å². The molecule has 1 aromatic heterocycles. The Hall–Kier alpha value is -1.83. The molecule has 1 aromatic carbocycles. The number of ether oxygens (including phenoxy) is 1. The molecule has 4 heteroatoms. The topological polar surface area (TPSA) is 50.0 Å². The van der Waals surface area contributed by atoms with E-state index in [1.54, 1.807) is 0 Å². The number of rotatable bonds is 2. The van der Waals surface area contributed by atoms with Crippen molar-refractivity contribution in [2.24, 2.45) is 7.05 Å². The van der Waals surface area contributed by atoms with Gasteiger partial charge >= 0.3 is 0 Å². The Kier molecular flexibility index (Phi) is 3.24. The van der Waals surface area contributed by atoms with Crippen molar-refractivity contribution in [1.29, 1.82) is 5.26 Å². The third kappa shape index (κ3) is 2.35. The lowest BCUT2D eigenvalue weighted by molar-refractivity contribution is 0.0771. The molecule has 0 unspecified atom stereocenters. The number of benzene rings is 1. The molecule has 98 valence electrons. The first-order valence-electron chi connectivity index (χ1n) is 6.57. The van der Waals surface area contributed by atoms with Gasteiger partial charge in [0, 0.05) is 36.7 Å². The summed E-state index contributed by atoms with van der Waals surface area (Å²) >= 11 is 0. The Labute approximate surface area is 112 Å². The Morgan fingerprint density at radius 2 is 2.42 bits per heavy atom. The number of hydrogen-bond acceptors (Lipinski definition) is 3. The number of nitriles is 1. The lowest BCUT2D eigenvalue weighted by atomic mass is 10.0. The van der Waals surface area contributed by atoms with E-state index in [0.29, 0.717) is 11.6 Å². The van der Waals surface area contributed by atoms with E-state index in [-0.39, 0.29) is 0 Å². The number of hydrogen-bond donors (Lipinski definition) is 1. The van der Waals surface area contributed by atoms with Gasteiger partial charge in [0.15, 0.2) is 0 Å².